The van der Waals surface area contributed by atoms with Crippen LogP contribution in [0.15, 0.2) is 23.0 Å². The number of rotatable bonds is 6. The summed E-state index contributed by atoms with van der Waals surface area (Å²) in [5.74, 6) is 0. The molecule has 0 amide bonds. The van der Waals surface area contributed by atoms with Crippen molar-refractivity contribution in [1.82, 2.24) is 5.32 Å². The van der Waals surface area contributed by atoms with Crippen LogP contribution in [0.5, 0.6) is 0 Å². The zero-order valence-corrected chi connectivity index (χ0v) is 8.21. The van der Waals surface area contributed by atoms with Crippen molar-refractivity contribution >= 4 is 11.8 Å². The van der Waals surface area contributed by atoms with Crippen molar-refractivity contribution in [2.24, 2.45) is 0 Å². The smallest absolute Gasteiger partial charge is 0.000641 e. The van der Waals surface area contributed by atoms with Crippen LogP contribution in [0.1, 0.15) is 19.8 Å². The molecule has 0 aliphatic rings. The van der Waals surface area contributed by atoms with Gasteiger partial charge >= 0.3 is 0 Å². The molecule has 0 saturated carbocycles. The van der Waals surface area contributed by atoms with Crippen LogP contribution < -0.4 is 5.32 Å². The first-order chi connectivity index (χ1) is 5.31. The number of nitrogens with one attached hydrogen (secondary N) is 1. The second kappa shape index (κ2) is 7.89. The minimum Gasteiger partial charge on any atom is -0.319 e. The van der Waals surface area contributed by atoms with Gasteiger partial charge in [0.25, 0.3) is 0 Å². The average molecular weight is 171 g/mol. The lowest BCUT2D eigenvalue weighted by atomic mass is 10.4. The third-order valence-corrected chi connectivity index (χ3v) is 2.09. The molecule has 0 atom stereocenters. The fraction of sp³-hybridized carbons (Fsp3) is 0.556. The number of hydrogen-bond donors (Lipinski definition) is 1. The molecule has 0 fully saturated rings. The highest BCUT2D eigenvalue weighted by Gasteiger charge is 1.89. The van der Waals surface area contributed by atoms with Crippen LogP contribution in [-0.4, -0.2) is 13.6 Å². The predicted molar refractivity (Wildman–Crippen MR) is 54.7 cm³/mol. The third-order valence-electron chi connectivity index (χ3n) is 1.22. The number of hydrogen-bond acceptors (Lipinski definition) is 2. The van der Waals surface area contributed by atoms with E-state index in [1.807, 2.05) is 7.05 Å². The van der Waals surface area contributed by atoms with Crippen molar-refractivity contribution in [2.75, 3.05) is 13.6 Å². The van der Waals surface area contributed by atoms with E-state index in [1.54, 1.807) is 11.8 Å². The molecule has 0 spiro atoms. The van der Waals surface area contributed by atoms with Gasteiger partial charge in [-0.25, -0.2) is 0 Å². The molecule has 0 bridgehead atoms. The molecular weight excluding hydrogens is 154 g/mol. The van der Waals surface area contributed by atoms with E-state index in [2.05, 4.69) is 30.3 Å². The summed E-state index contributed by atoms with van der Waals surface area (Å²) in [5, 5.41) is 5.20. The van der Waals surface area contributed by atoms with Crippen LogP contribution in [0.3, 0.4) is 0 Å². The summed E-state index contributed by atoms with van der Waals surface area (Å²) in [6, 6.07) is 0. The second-order valence-corrected chi connectivity index (χ2v) is 3.38. The molecular formula is C9H17NS. The Hall–Kier alpha value is -0.210. The van der Waals surface area contributed by atoms with Gasteiger partial charge in [0, 0.05) is 0 Å². The summed E-state index contributed by atoms with van der Waals surface area (Å²) < 4.78 is 0. The maximum absolute atomic E-state index is 3.94. The standard InChI is InChI=1S/C9H17NS/c1-4-5-8-11-9(2)6-7-10-3/h5,8,10H,2,4,6-7H2,1,3H3. The fourth-order valence-electron chi connectivity index (χ4n) is 0.564. The highest BCUT2D eigenvalue weighted by atomic mass is 32.2. The van der Waals surface area contributed by atoms with Gasteiger partial charge in [0.15, 0.2) is 0 Å². The van der Waals surface area contributed by atoms with Gasteiger partial charge < -0.3 is 5.32 Å². The van der Waals surface area contributed by atoms with Gasteiger partial charge in [0.1, 0.15) is 0 Å². The van der Waals surface area contributed by atoms with Gasteiger partial charge in [-0.1, -0.05) is 19.6 Å². The lowest BCUT2D eigenvalue weighted by Gasteiger charge is -1.99. The molecule has 0 radical (unpaired) electrons. The molecule has 0 unspecified atom stereocenters. The van der Waals surface area contributed by atoms with E-state index in [-0.39, 0.29) is 0 Å². The molecule has 11 heavy (non-hydrogen) atoms. The first kappa shape index (κ1) is 10.8. The van der Waals surface area contributed by atoms with E-state index < -0.39 is 0 Å². The van der Waals surface area contributed by atoms with E-state index in [4.69, 9.17) is 0 Å². The van der Waals surface area contributed by atoms with E-state index in [0.717, 1.165) is 19.4 Å². The summed E-state index contributed by atoms with van der Waals surface area (Å²) in [6.45, 7) is 7.09. The normalized spacial score (nSPS) is 10.7. The molecule has 0 aromatic carbocycles. The zero-order chi connectivity index (χ0) is 8.53. The summed E-state index contributed by atoms with van der Waals surface area (Å²) in [7, 11) is 1.96. The third kappa shape index (κ3) is 7.69. The first-order valence-electron chi connectivity index (χ1n) is 3.95. The largest absolute Gasteiger partial charge is 0.319 e. The van der Waals surface area contributed by atoms with Crippen LogP contribution >= 0.6 is 11.8 Å². The molecule has 0 aliphatic carbocycles. The highest BCUT2D eigenvalue weighted by molar-refractivity contribution is 8.05. The minimum absolute atomic E-state index is 1.02. The quantitative estimate of drug-likeness (QED) is 0.659. The van der Waals surface area contributed by atoms with Crippen molar-refractivity contribution in [3.05, 3.63) is 23.0 Å². The van der Waals surface area contributed by atoms with Crippen molar-refractivity contribution < 1.29 is 0 Å². The lowest BCUT2D eigenvalue weighted by molar-refractivity contribution is 0.804. The van der Waals surface area contributed by atoms with Gasteiger partial charge in [-0.2, -0.15) is 0 Å². The van der Waals surface area contributed by atoms with Crippen LogP contribution in [0.2, 0.25) is 0 Å². The van der Waals surface area contributed by atoms with Gasteiger partial charge in [-0.3, -0.25) is 0 Å². The van der Waals surface area contributed by atoms with Crippen molar-refractivity contribution in [3.8, 4) is 0 Å². The molecule has 0 aromatic rings. The Morgan fingerprint density at radius 3 is 2.91 bits per heavy atom. The van der Waals surface area contributed by atoms with E-state index in [0.29, 0.717) is 0 Å². The van der Waals surface area contributed by atoms with E-state index >= 15 is 0 Å². The molecule has 0 rings (SSSR count). The molecule has 0 aliphatic heterocycles. The van der Waals surface area contributed by atoms with Crippen LogP contribution in [0.25, 0.3) is 0 Å². The van der Waals surface area contributed by atoms with Crippen LogP contribution in [0.4, 0.5) is 0 Å². The Morgan fingerprint density at radius 1 is 1.64 bits per heavy atom. The molecule has 2 heteroatoms. The lowest BCUT2D eigenvalue weighted by Crippen LogP contribution is -2.06. The van der Waals surface area contributed by atoms with E-state index in [1.165, 1.54) is 4.91 Å². The molecule has 0 saturated heterocycles. The van der Waals surface area contributed by atoms with Crippen LogP contribution in [0, 0.1) is 0 Å². The number of allylic oxidation sites excluding steroid dienone is 1. The molecule has 1 nitrogen and oxygen atoms in total. The maximum atomic E-state index is 3.94. The molecule has 0 heterocycles. The second-order valence-electron chi connectivity index (χ2n) is 2.29. The average Bonchev–Trinajstić information content (AvgIpc) is 2.01. The fourth-order valence-corrected chi connectivity index (χ4v) is 1.26. The van der Waals surface area contributed by atoms with Crippen molar-refractivity contribution in [3.63, 3.8) is 0 Å². The Labute approximate surface area is 74.0 Å². The van der Waals surface area contributed by atoms with E-state index in [9.17, 15) is 0 Å². The Morgan fingerprint density at radius 2 is 2.36 bits per heavy atom. The number of thioether (sulfide) groups is 1. The van der Waals surface area contributed by atoms with Crippen LogP contribution in [-0.2, 0) is 0 Å². The minimum atomic E-state index is 1.02. The summed E-state index contributed by atoms with van der Waals surface area (Å²) in [4.78, 5) is 1.23. The SMILES string of the molecule is C=C(CCNC)SC=CCC. The highest BCUT2D eigenvalue weighted by Crippen LogP contribution is 2.17. The molecule has 0 aromatic heterocycles. The van der Waals surface area contributed by atoms with Crippen molar-refractivity contribution in [2.45, 2.75) is 19.8 Å². The summed E-state index contributed by atoms with van der Waals surface area (Å²) in [5.41, 5.74) is 0. The van der Waals surface area contributed by atoms with Crippen molar-refractivity contribution in [1.29, 1.82) is 0 Å². The van der Waals surface area contributed by atoms with Gasteiger partial charge in [-0.15, -0.1) is 11.8 Å². The molecule has 64 valence electrons. The Balaban J connectivity index is 3.29. The predicted octanol–water partition coefficient (Wildman–Crippen LogP) is 2.77. The topological polar surface area (TPSA) is 12.0 Å². The van der Waals surface area contributed by atoms with Gasteiger partial charge in [0.05, 0.1) is 0 Å². The summed E-state index contributed by atoms with van der Waals surface area (Å²) >= 11 is 1.73. The zero-order valence-electron chi connectivity index (χ0n) is 7.39. The molecule has 1 N–H and O–H groups in total. The monoisotopic (exact) mass is 171 g/mol. The first-order valence-corrected chi connectivity index (χ1v) is 4.83. The Bertz CT molecular complexity index is 130. The van der Waals surface area contributed by atoms with Gasteiger partial charge in [0.2, 0.25) is 0 Å². The summed E-state index contributed by atoms with van der Waals surface area (Å²) in [6.07, 6.45) is 4.30. The maximum Gasteiger partial charge on any atom is -0.000641 e. The van der Waals surface area contributed by atoms with Gasteiger partial charge in [-0.05, 0) is 36.7 Å². The Kier molecular flexibility index (Phi) is 7.74.